The molecule has 2 aromatic carbocycles. The van der Waals surface area contributed by atoms with E-state index in [1.54, 1.807) is 6.07 Å². The molecule has 0 aliphatic rings. The first-order chi connectivity index (χ1) is 11.0. The molecule has 9 nitrogen and oxygen atoms in total. The summed E-state index contributed by atoms with van der Waals surface area (Å²) >= 11 is 0. The van der Waals surface area contributed by atoms with Crippen LogP contribution in [0.1, 0.15) is 0 Å². The molecule has 0 bridgehead atoms. The van der Waals surface area contributed by atoms with Crippen LogP contribution < -0.4 is 16.0 Å². The average molecular weight is 316 g/mol. The Hall–Kier alpha value is -3.62. The highest BCUT2D eigenvalue weighted by atomic mass is 16.6. The minimum atomic E-state index is -0.920. The van der Waals surface area contributed by atoms with Gasteiger partial charge in [-0.15, -0.1) is 0 Å². The van der Waals surface area contributed by atoms with Gasteiger partial charge in [0.1, 0.15) is 5.75 Å². The lowest BCUT2D eigenvalue weighted by Crippen LogP contribution is -2.46. The van der Waals surface area contributed by atoms with Gasteiger partial charge in [0.05, 0.1) is 16.3 Å². The molecule has 0 aliphatic heterocycles. The molecule has 9 heteroatoms. The molecular weight excluding hydrogens is 304 g/mol. The fraction of sp³-hybridized carbons (Fsp3) is 0. The van der Waals surface area contributed by atoms with Crippen molar-refractivity contribution in [3.8, 4) is 5.75 Å². The van der Waals surface area contributed by atoms with Gasteiger partial charge in [0.2, 0.25) is 6.29 Å². The second kappa shape index (κ2) is 6.89. The average Bonchev–Trinajstić information content (AvgIpc) is 2.55. The number of non-ortho nitro benzene ring substituents is 1. The van der Waals surface area contributed by atoms with Crippen LogP contribution in [0.15, 0.2) is 48.5 Å². The number of amides is 1. The zero-order valence-corrected chi connectivity index (χ0v) is 11.7. The molecule has 0 aliphatic carbocycles. The third-order valence-electron chi connectivity index (χ3n) is 2.73. The van der Waals surface area contributed by atoms with Gasteiger partial charge < -0.3 is 5.11 Å². The molecule has 0 heterocycles. The number of phenolic OH excluding ortho intramolecular Hbond substituents is 1. The number of anilines is 2. The third-order valence-corrected chi connectivity index (χ3v) is 2.73. The molecule has 23 heavy (non-hydrogen) atoms. The zero-order chi connectivity index (χ0) is 16.8. The fourth-order valence-corrected chi connectivity index (χ4v) is 1.71. The Morgan fingerprint density at radius 2 is 1.91 bits per heavy atom. The van der Waals surface area contributed by atoms with Crippen molar-refractivity contribution < 1.29 is 19.6 Å². The quantitative estimate of drug-likeness (QED) is 0.318. The van der Waals surface area contributed by atoms with Crippen LogP contribution in [-0.4, -0.2) is 22.2 Å². The smallest absolute Gasteiger partial charge is 0.304 e. The summed E-state index contributed by atoms with van der Waals surface area (Å²) in [6, 6.07) is 11.3. The first-order valence-electron chi connectivity index (χ1n) is 6.35. The molecular formula is C14H12N4O5. The van der Waals surface area contributed by atoms with E-state index in [0.717, 1.165) is 5.12 Å². The highest BCUT2D eigenvalue weighted by Crippen LogP contribution is 2.21. The van der Waals surface area contributed by atoms with Crippen LogP contribution >= 0.6 is 0 Å². The van der Waals surface area contributed by atoms with Gasteiger partial charge in [0.15, 0.2) is 0 Å². The lowest BCUT2D eigenvalue weighted by atomic mass is 10.3. The van der Waals surface area contributed by atoms with Crippen LogP contribution in [0.25, 0.3) is 0 Å². The maximum Gasteiger partial charge on any atom is 0.304 e. The largest absolute Gasteiger partial charge is 0.508 e. The number of hydrogen-bond acceptors (Lipinski definition) is 7. The second-order valence-electron chi connectivity index (χ2n) is 4.36. The number of nitrogens with zero attached hydrogens (tertiary/aromatic N) is 2. The number of aromatic hydroxyl groups is 1. The van der Waals surface area contributed by atoms with E-state index in [0.29, 0.717) is 11.4 Å². The fourth-order valence-electron chi connectivity index (χ4n) is 1.71. The number of hydrazine groups is 2. The summed E-state index contributed by atoms with van der Waals surface area (Å²) in [5.74, 6) is -0.901. The number of benzene rings is 2. The first kappa shape index (κ1) is 15.8. The molecule has 2 rings (SSSR count). The van der Waals surface area contributed by atoms with Crippen molar-refractivity contribution >= 4 is 29.3 Å². The molecule has 0 saturated carbocycles. The zero-order valence-electron chi connectivity index (χ0n) is 11.7. The van der Waals surface area contributed by atoms with E-state index in [1.165, 1.54) is 42.5 Å². The molecule has 1 amide bonds. The summed E-state index contributed by atoms with van der Waals surface area (Å²) in [6.45, 7) is 0. The summed E-state index contributed by atoms with van der Waals surface area (Å²) in [7, 11) is 0. The normalized spacial score (nSPS) is 9.74. The van der Waals surface area contributed by atoms with Gasteiger partial charge in [-0.1, -0.05) is 6.07 Å². The minimum Gasteiger partial charge on any atom is -0.508 e. The van der Waals surface area contributed by atoms with Crippen LogP contribution in [0.5, 0.6) is 5.75 Å². The van der Waals surface area contributed by atoms with Crippen LogP contribution in [-0.2, 0) is 9.59 Å². The molecule has 0 atom stereocenters. The number of aldehydes is 1. The van der Waals surface area contributed by atoms with Crippen molar-refractivity contribution in [1.82, 2.24) is 5.43 Å². The van der Waals surface area contributed by atoms with E-state index in [9.17, 15) is 24.8 Å². The van der Waals surface area contributed by atoms with Gasteiger partial charge in [-0.25, -0.2) is 5.43 Å². The topological polar surface area (TPSA) is 125 Å². The van der Waals surface area contributed by atoms with Gasteiger partial charge in [-0.2, -0.15) is 5.12 Å². The maximum atomic E-state index is 11.3. The molecule has 0 saturated heterocycles. The number of rotatable bonds is 6. The number of phenols is 1. The molecule has 0 unspecified atom stereocenters. The van der Waals surface area contributed by atoms with Crippen LogP contribution in [0.2, 0.25) is 0 Å². The van der Waals surface area contributed by atoms with Gasteiger partial charge in [0, 0.05) is 12.1 Å². The van der Waals surface area contributed by atoms with Crippen molar-refractivity contribution in [3.63, 3.8) is 0 Å². The van der Waals surface area contributed by atoms with Gasteiger partial charge in [-0.05, 0) is 30.3 Å². The van der Waals surface area contributed by atoms with Crippen LogP contribution in [0, 0.1) is 10.1 Å². The number of carbonyl (C=O) groups is 2. The lowest BCUT2D eigenvalue weighted by Gasteiger charge is -2.25. The van der Waals surface area contributed by atoms with Crippen molar-refractivity contribution in [2.75, 3.05) is 10.5 Å². The number of nitro groups is 1. The number of nitrogens with one attached hydrogen (secondary N) is 2. The van der Waals surface area contributed by atoms with Crippen molar-refractivity contribution in [2.24, 2.45) is 0 Å². The minimum absolute atomic E-state index is 0.0192. The van der Waals surface area contributed by atoms with E-state index in [2.05, 4.69) is 10.9 Å². The molecule has 118 valence electrons. The summed E-state index contributed by atoms with van der Waals surface area (Å²) in [4.78, 5) is 32.1. The van der Waals surface area contributed by atoms with E-state index in [1.807, 2.05) is 0 Å². The predicted molar refractivity (Wildman–Crippen MR) is 81.5 cm³/mol. The van der Waals surface area contributed by atoms with Crippen LogP contribution in [0.4, 0.5) is 17.1 Å². The Morgan fingerprint density at radius 1 is 1.22 bits per heavy atom. The van der Waals surface area contributed by atoms with Crippen molar-refractivity contribution in [1.29, 1.82) is 0 Å². The summed E-state index contributed by atoms with van der Waals surface area (Å²) in [6.07, 6.45) is 0.0858. The molecule has 0 fully saturated rings. The van der Waals surface area contributed by atoms with Crippen molar-refractivity contribution in [3.05, 3.63) is 58.6 Å². The predicted octanol–water partition coefficient (Wildman–Crippen LogP) is 1.36. The number of hydrogen-bond donors (Lipinski definition) is 3. The number of nitro benzene ring substituents is 1. The Labute approximate surface area is 130 Å². The molecule has 0 aromatic heterocycles. The standard InChI is InChI=1S/C14H12N4O5/c19-9-14(21)16-17(11-4-6-13(20)7-5-11)15-10-2-1-3-12(8-10)18(22)23/h1-9,15,20H,(H,16,21). The van der Waals surface area contributed by atoms with Gasteiger partial charge in [0.25, 0.3) is 5.69 Å². The molecule has 0 radical (unpaired) electrons. The Bertz CT molecular complexity index is 732. The Morgan fingerprint density at radius 3 is 2.52 bits per heavy atom. The number of carbonyl (C=O) groups excluding carboxylic acids is 2. The summed E-state index contributed by atoms with van der Waals surface area (Å²) in [5, 5.41) is 21.2. The van der Waals surface area contributed by atoms with Crippen molar-refractivity contribution in [2.45, 2.75) is 0 Å². The third kappa shape index (κ3) is 4.17. The van der Waals surface area contributed by atoms with E-state index in [-0.39, 0.29) is 17.7 Å². The lowest BCUT2D eigenvalue weighted by molar-refractivity contribution is -0.384. The Balaban J connectivity index is 2.28. The van der Waals surface area contributed by atoms with Gasteiger partial charge in [-0.3, -0.25) is 25.1 Å². The summed E-state index contributed by atoms with van der Waals surface area (Å²) in [5.41, 5.74) is 5.57. The highest BCUT2D eigenvalue weighted by Gasteiger charge is 2.12. The maximum absolute atomic E-state index is 11.3. The molecule has 3 N–H and O–H groups in total. The molecule has 2 aromatic rings. The molecule has 0 spiro atoms. The van der Waals surface area contributed by atoms with E-state index < -0.39 is 10.8 Å². The monoisotopic (exact) mass is 316 g/mol. The summed E-state index contributed by atoms with van der Waals surface area (Å²) < 4.78 is 0. The first-order valence-corrected chi connectivity index (χ1v) is 6.35. The Kier molecular flexibility index (Phi) is 4.72. The van der Waals surface area contributed by atoms with Gasteiger partial charge >= 0.3 is 5.91 Å². The SMILES string of the molecule is O=CC(=O)NN(Nc1cccc([N+](=O)[O-])c1)c1ccc(O)cc1. The van der Waals surface area contributed by atoms with E-state index >= 15 is 0 Å². The highest BCUT2D eigenvalue weighted by molar-refractivity contribution is 6.24. The second-order valence-corrected chi connectivity index (χ2v) is 4.36. The van der Waals surface area contributed by atoms with E-state index in [4.69, 9.17) is 0 Å². The van der Waals surface area contributed by atoms with Crippen LogP contribution in [0.3, 0.4) is 0 Å².